The van der Waals surface area contributed by atoms with Gasteiger partial charge in [0.1, 0.15) is 11.5 Å². The van der Waals surface area contributed by atoms with Gasteiger partial charge in [-0.3, -0.25) is 19.2 Å². The molecule has 162 valence electrons. The summed E-state index contributed by atoms with van der Waals surface area (Å²) in [6, 6.07) is 4.14. The molecule has 9 heteroatoms. The van der Waals surface area contributed by atoms with E-state index in [0.717, 1.165) is 0 Å². The predicted molar refractivity (Wildman–Crippen MR) is 101 cm³/mol. The first-order valence-electron chi connectivity index (χ1n) is 10.0. The van der Waals surface area contributed by atoms with Crippen LogP contribution in [0.3, 0.4) is 0 Å². The zero-order valence-corrected chi connectivity index (χ0v) is 16.8. The Kier molecular flexibility index (Phi) is 3.86. The van der Waals surface area contributed by atoms with Crippen LogP contribution in [0.2, 0.25) is 0 Å². The molecule has 2 N–H and O–H groups in total. The first-order valence-corrected chi connectivity index (χ1v) is 10.0. The number of allylic oxidation sites excluding steroid dienone is 2. The molecule has 4 atom stereocenters. The number of fused-ring (bicyclic) bond motifs is 1. The van der Waals surface area contributed by atoms with E-state index in [0.29, 0.717) is 0 Å². The van der Waals surface area contributed by atoms with Crippen molar-refractivity contribution >= 4 is 23.3 Å². The van der Waals surface area contributed by atoms with Crippen LogP contribution < -0.4 is 0 Å². The Hall–Kier alpha value is -3.04. The Labute approximate surface area is 176 Å². The number of hydrogen-bond acceptors (Lipinski definition) is 8. The van der Waals surface area contributed by atoms with Gasteiger partial charge in [-0.05, 0) is 6.07 Å². The number of ketones is 3. The highest BCUT2D eigenvalue weighted by molar-refractivity contribution is 6.27. The molecule has 1 aromatic carbocycles. The molecule has 31 heavy (non-hydrogen) atoms. The van der Waals surface area contributed by atoms with Crippen molar-refractivity contribution in [1.82, 2.24) is 0 Å². The number of carboxylic acid groups (broad SMARTS) is 1. The van der Waals surface area contributed by atoms with Gasteiger partial charge < -0.3 is 24.4 Å². The molecule has 0 amide bonds. The normalized spacial score (nSPS) is 35.8. The fourth-order valence-electron chi connectivity index (χ4n) is 5.13. The monoisotopic (exact) mass is 428 g/mol. The quantitative estimate of drug-likeness (QED) is 0.689. The Balaban J connectivity index is 1.73. The van der Waals surface area contributed by atoms with Crippen molar-refractivity contribution in [2.75, 3.05) is 0 Å². The highest BCUT2D eigenvalue weighted by Crippen LogP contribution is 2.69. The van der Waals surface area contributed by atoms with E-state index < -0.39 is 59.3 Å². The Morgan fingerprint density at radius 2 is 1.97 bits per heavy atom. The number of Topliss-reactive ketones (excluding diaryl/α,β-unsaturated/α-hetero) is 2. The van der Waals surface area contributed by atoms with Crippen LogP contribution in [0.15, 0.2) is 30.0 Å². The molecule has 0 radical (unpaired) electrons. The summed E-state index contributed by atoms with van der Waals surface area (Å²) in [5.41, 5.74) is -3.92. The van der Waals surface area contributed by atoms with E-state index in [9.17, 15) is 29.4 Å². The lowest BCUT2D eigenvalue weighted by atomic mass is 9.65. The SMILES string of the molecule is CC(C)C1=CC(=O)C[C@]2(O1)O[C@H](CC(=O)O)CC13OC12C(=O)c1c(O)cccc1C3=O. The summed E-state index contributed by atoms with van der Waals surface area (Å²) in [4.78, 5) is 51.3. The number of rotatable bonds is 3. The van der Waals surface area contributed by atoms with E-state index in [1.54, 1.807) is 13.8 Å². The minimum absolute atomic E-state index is 0.00832. The van der Waals surface area contributed by atoms with E-state index in [-0.39, 0.29) is 35.0 Å². The first kappa shape index (κ1) is 19.9. The van der Waals surface area contributed by atoms with E-state index in [1.165, 1.54) is 24.3 Å². The second-order valence-corrected chi connectivity index (χ2v) is 8.71. The van der Waals surface area contributed by atoms with Crippen molar-refractivity contribution in [2.45, 2.75) is 56.2 Å². The lowest BCUT2D eigenvalue weighted by Gasteiger charge is -2.48. The maximum atomic E-state index is 13.7. The van der Waals surface area contributed by atoms with Crippen molar-refractivity contribution in [3.05, 3.63) is 41.2 Å². The van der Waals surface area contributed by atoms with Crippen molar-refractivity contribution < 1.29 is 43.6 Å². The minimum Gasteiger partial charge on any atom is -0.507 e. The Bertz CT molecular complexity index is 1100. The zero-order valence-electron chi connectivity index (χ0n) is 16.8. The molecule has 1 aliphatic carbocycles. The lowest BCUT2D eigenvalue weighted by molar-refractivity contribution is -0.280. The van der Waals surface area contributed by atoms with Crippen LogP contribution in [0.4, 0.5) is 0 Å². The fourth-order valence-corrected chi connectivity index (χ4v) is 5.13. The van der Waals surface area contributed by atoms with Crippen LogP contribution in [0, 0.1) is 5.92 Å². The number of aliphatic carboxylic acids is 1. The molecule has 2 saturated heterocycles. The number of ether oxygens (including phenoxy) is 3. The molecule has 0 saturated carbocycles. The summed E-state index contributed by atoms with van der Waals surface area (Å²) in [5.74, 6) is -5.24. The van der Waals surface area contributed by atoms with Gasteiger partial charge in [0.25, 0.3) is 5.79 Å². The molecular formula is C22H20O9. The van der Waals surface area contributed by atoms with Gasteiger partial charge in [0.15, 0.2) is 17.2 Å². The molecule has 5 rings (SSSR count). The van der Waals surface area contributed by atoms with E-state index >= 15 is 0 Å². The average molecular weight is 428 g/mol. The molecule has 2 unspecified atom stereocenters. The summed E-state index contributed by atoms with van der Waals surface area (Å²) in [5, 5.41) is 19.7. The maximum absolute atomic E-state index is 13.7. The number of epoxide rings is 1. The molecule has 1 aromatic rings. The topological polar surface area (TPSA) is 140 Å². The summed E-state index contributed by atoms with van der Waals surface area (Å²) in [7, 11) is 0. The summed E-state index contributed by atoms with van der Waals surface area (Å²) in [6.07, 6.45) is -0.790. The second-order valence-electron chi connectivity index (χ2n) is 8.71. The lowest BCUT2D eigenvalue weighted by Crippen LogP contribution is -2.67. The molecule has 1 spiro atoms. The van der Waals surface area contributed by atoms with E-state index in [4.69, 9.17) is 14.2 Å². The van der Waals surface area contributed by atoms with Gasteiger partial charge in [0, 0.05) is 24.0 Å². The third kappa shape index (κ3) is 2.33. The average Bonchev–Trinajstić information content (AvgIpc) is 3.38. The second kappa shape index (κ2) is 6.02. The molecule has 2 fully saturated rings. The fraction of sp³-hybridized carbons (Fsp3) is 0.455. The zero-order chi connectivity index (χ0) is 22.3. The molecule has 4 aliphatic rings. The third-order valence-corrected chi connectivity index (χ3v) is 6.43. The molecule has 0 aromatic heterocycles. The summed E-state index contributed by atoms with van der Waals surface area (Å²) in [6.45, 7) is 3.56. The molecule has 0 bridgehead atoms. The van der Waals surface area contributed by atoms with Crippen LogP contribution in [-0.2, 0) is 23.8 Å². The summed E-state index contributed by atoms with van der Waals surface area (Å²) < 4.78 is 18.0. The predicted octanol–water partition coefficient (Wildman–Crippen LogP) is 1.77. The van der Waals surface area contributed by atoms with E-state index in [2.05, 4.69) is 0 Å². The highest BCUT2D eigenvalue weighted by atomic mass is 16.8. The van der Waals surface area contributed by atoms with Crippen LogP contribution in [0.5, 0.6) is 5.75 Å². The number of benzene rings is 1. The number of phenolic OH excluding ortho intramolecular Hbond substituents is 1. The van der Waals surface area contributed by atoms with Gasteiger partial charge in [-0.15, -0.1) is 0 Å². The Morgan fingerprint density at radius 3 is 2.65 bits per heavy atom. The molecule has 9 nitrogen and oxygen atoms in total. The maximum Gasteiger partial charge on any atom is 0.305 e. The van der Waals surface area contributed by atoms with Crippen LogP contribution in [-0.4, -0.2) is 56.6 Å². The van der Waals surface area contributed by atoms with Gasteiger partial charge in [-0.25, -0.2) is 0 Å². The largest absolute Gasteiger partial charge is 0.507 e. The number of carboxylic acids is 1. The van der Waals surface area contributed by atoms with Crippen LogP contribution >= 0.6 is 0 Å². The van der Waals surface area contributed by atoms with Crippen molar-refractivity contribution in [1.29, 1.82) is 0 Å². The van der Waals surface area contributed by atoms with Gasteiger partial charge in [0.2, 0.25) is 11.4 Å². The molecule has 3 aliphatic heterocycles. The van der Waals surface area contributed by atoms with Gasteiger partial charge >= 0.3 is 5.97 Å². The number of hydrogen-bond donors (Lipinski definition) is 2. The molecular weight excluding hydrogens is 408 g/mol. The standard InChI is InChI=1S/C22H20O9/c1-10(2)15-6-11(23)8-21(30-15)22-19(28)17-13(4-3-5-14(17)24)18(27)20(22,31-22)9-12(29-21)7-16(25)26/h3-6,10,12,24H,7-9H2,1-2H3,(H,25,26)/t12-,20?,21-,22?/m1/s1. The number of phenols is 1. The van der Waals surface area contributed by atoms with Gasteiger partial charge in [-0.2, -0.15) is 0 Å². The molecule has 3 heterocycles. The number of carbonyl (C=O) groups excluding carboxylic acids is 3. The minimum atomic E-state index is -2.01. The Morgan fingerprint density at radius 1 is 1.23 bits per heavy atom. The highest BCUT2D eigenvalue weighted by Gasteiger charge is 2.92. The first-order chi connectivity index (χ1) is 14.6. The van der Waals surface area contributed by atoms with Crippen LogP contribution in [0.1, 0.15) is 53.8 Å². The number of carbonyl (C=O) groups is 4. The van der Waals surface area contributed by atoms with Gasteiger partial charge in [0.05, 0.1) is 24.5 Å². The van der Waals surface area contributed by atoms with Crippen LogP contribution in [0.25, 0.3) is 0 Å². The third-order valence-electron chi connectivity index (χ3n) is 6.43. The number of aromatic hydroxyl groups is 1. The smallest absolute Gasteiger partial charge is 0.305 e. The van der Waals surface area contributed by atoms with Crippen molar-refractivity contribution in [3.63, 3.8) is 0 Å². The van der Waals surface area contributed by atoms with Crippen molar-refractivity contribution in [3.8, 4) is 5.75 Å². The van der Waals surface area contributed by atoms with Gasteiger partial charge in [-0.1, -0.05) is 26.0 Å². The van der Waals surface area contributed by atoms with E-state index in [1.807, 2.05) is 0 Å². The van der Waals surface area contributed by atoms with Crippen molar-refractivity contribution in [2.24, 2.45) is 5.92 Å². The summed E-state index contributed by atoms with van der Waals surface area (Å²) >= 11 is 0.